The summed E-state index contributed by atoms with van der Waals surface area (Å²) in [6.45, 7) is 0.354. The van der Waals surface area contributed by atoms with E-state index in [1.807, 2.05) is 18.2 Å². The van der Waals surface area contributed by atoms with Crippen LogP contribution >= 0.6 is 34.2 Å². The van der Waals surface area contributed by atoms with Gasteiger partial charge in [-0.15, -0.1) is 0 Å². The predicted molar refractivity (Wildman–Crippen MR) is 83.1 cm³/mol. The van der Waals surface area contributed by atoms with Crippen LogP contribution in [0.1, 0.15) is 25.7 Å². The standard InChI is InChI=1S/C13H16ClIN2O/c14-11-7-9(15)5-6-12(11)17-13(18)8-16-10-3-1-2-4-10/h5-7,10,16H,1-4,8H2,(H,17,18). The first-order chi connectivity index (χ1) is 8.65. The molecular formula is C13H16ClIN2O. The molecule has 1 aliphatic rings. The van der Waals surface area contributed by atoms with Gasteiger partial charge in [0.15, 0.2) is 0 Å². The van der Waals surface area contributed by atoms with E-state index in [4.69, 9.17) is 11.6 Å². The van der Waals surface area contributed by atoms with E-state index in [-0.39, 0.29) is 5.91 Å². The van der Waals surface area contributed by atoms with Gasteiger partial charge in [0.2, 0.25) is 5.91 Å². The molecule has 0 heterocycles. The summed E-state index contributed by atoms with van der Waals surface area (Å²) in [5.41, 5.74) is 0.676. The lowest BCUT2D eigenvalue weighted by atomic mass is 10.2. The van der Waals surface area contributed by atoms with Crippen molar-refractivity contribution in [1.82, 2.24) is 5.32 Å². The molecule has 0 radical (unpaired) electrons. The zero-order valence-electron chi connectivity index (χ0n) is 10.0. The molecule has 98 valence electrons. The summed E-state index contributed by atoms with van der Waals surface area (Å²) < 4.78 is 1.06. The van der Waals surface area contributed by atoms with Crippen molar-refractivity contribution < 1.29 is 4.79 Å². The fourth-order valence-corrected chi connectivity index (χ4v) is 3.06. The zero-order valence-corrected chi connectivity index (χ0v) is 12.9. The van der Waals surface area contributed by atoms with Crippen LogP contribution in [-0.4, -0.2) is 18.5 Å². The summed E-state index contributed by atoms with van der Waals surface area (Å²) in [7, 11) is 0. The molecule has 0 saturated heterocycles. The van der Waals surface area contributed by atoms with Gasteiger partial charge >= 0.3 is 0 Å². The van der Waals surface area contributed by atoms with Crippen molar-refractivity contribution in [1.29, 1.82) is 0 Å². The fraction of sp³-hybridized carbons (Fsp3) is 0.462. The number of benzene rings is 1. The highest BCUT2D eigenvalue weighted by Gasteiger charge is 2.15. The predicted octanol–water partition coefficient (Wildman–Crippen LogP) is 3.42. The smallest absolute Gasteiger partial charge is 0.238 e. The summed E-state index contributed by atoms with van der Waals surface area (Å²) in [6.07, 6.45) is 4.89. The molecule has 2 rings (SSSR count). The number of carbonyl (C=O) groups is 1. The third-order valence-electron chi connectivity index (χ3n) is 3.11. The maximum absolute atomic E-state index is 11.8. The van der Waals surface area contributed by atoms with Gasteiger partial charge < -0.3 is 10.6 Å². The van der Waals surface area contributed by atoms with Gasteiger partial charge in [-0.2, -0.15) is 0 Å². The van der Waals surface area contributed by atoms with E-state index in [1.54, 1.807) is 0 Å². The first kappa shape index (κ1) is 14.1. The molecule has 1 aliphatic carbocycles. The molecule has 0 aromatic heterocycles. The van der Waals surface area contributed by atoms with Crippen LogP contribution in [0, 0.1) is 3.57 Å². The van der Waals surface area contributed by atoms with Crippen LogP contribution in [0.4, 0.5) is 5.69 Å². The number of carbonyl (C=O) groups excluding carboxylic acids is 1. The second kappa shape index (κ2) is 6.73. The van der Waals surface area contributed by atoms with Crippen LogP contribution in [0.15, 0.2) is 18.2 Å². The molecule has 5 heteroatoms. The molecule has 0 spiro atoms. The van der Waals surface area contributed by atoms with E-state index >= 15 is 0 Å². The van der Waals surface area contributed by atoms with Crippen LogP contribution in [0.3, 0.4) is 0 Å². The van der Waals surface area contributed by atoms with Crippen LogP contribution in [0.2, 0.25) is 5.02 Å². The van der Waals surface area contributed by atoms with Crippen molar-refractivity contribution in [2.75, 3.05) is 11.9 Å². The van der Waals surface area contributed by atoms with Crippen LogP contribution < -0.4 is 10.6 Å². The minimum Gasteiger partial charge on any atom is -0.324 e. The first-order valence-corrected chi connectivity index (χ1v) is 7.59. The number of rotatable bonds is 4. The van der Waals surface area contributed by atoms with Crippen molar-refractivity contribution in [3.63, 3.8) is 0 Å². The molecule has 2 N–H and O–H groups in total. The van der Waals surface area contributed by atoms with E-state index in [1.165, 1.54) is 25.7 Å². The maximum atomic E-state index is 11.8. The van der Waals surface area contributed by atoms with Gasteiger partial charge in [0, 0.05) is 9.61 Å². The zero-order chi connectivity index (χ0) is 13.0. The Kier molecular flexibility index (Phi) is 5.26. The molecule has 1 amide bonds. The van der Waals surface area contributed by atoms with E-state index in [0.717, 1.165) is 3.57 Å². The summed E-state index contributed by atoms with van der Waals surface area (Å²) in [6, 6.07) is 6.09. The number of amides is 1. The van der Waals surface area contributed by atoms with E-state index < -0.39 is 0 Å². The topological polar surface area (TPSA) is 41.1 Å². The van der Waals surface area contributed by atoms with Crippen molar-refractivity contribution in [3.05, 3.63) is 26.8 Å². The molecule has 1 aromatic rings. The van der Waals surface area contributed by atoms with E-state index in [2.05, 4.69) is 33.2 Å². The fourth-order valence-electron chi connectivity index (χ4n) is 2.15. The Bertz CT molecular complexity index is 433. The SMILES string of the molecule is O=C(CNC1CCCC1)Nc1ccc(I)cc1Cl. The van der Waals surface area contributed by atoms with Crippen LogP contribution in [-0.2, 0) is 4.79 Å². The Morgan fingerprint density at radius 2 is 2.11 bits per heavy atom. The normalized spacial score (nSPS) is 15.9. The molecule has 1 saturated carbocycles. The number of halogens is 2. The van der Waals surface area contributed by atoms with Gasteiger partial charge in [-0.1, -0.05) is 24.4 Å². The Balaban J connectivity index is 1.82. The van der Waals surface area contributed by atoms with Crippen molar-refractivity contribution >= 4 is 45.8 Å². The summed E-state index contributed by atoms with van der Waals surface area (Å²) >= 11 is 8.25. The average Bonchev–Trinajstić information content (AvgIpc) is 2.83. The van der Waals surface area contributed by atoms with Gasteiger partial charge in [-0.25, -0.2) is 0 Å². The third-order valence-corrected chi connectivity index (χ3v) is 4.10. The quantitative estimate of drug-likeness (QED) is 0.788. The molecule has 1 fully saturated rings. The average molecular weight is 379 g/mol. The Morgan fingerprint density at radius 3 is 2.78 bits per heavy atom. The molecule has 18 heavy (non-hydrogen) atoms. The molecule has 0 atom stereocenters. The van der Waals surface area contributed by atoms with Gasteiger partial charge in [-0.3, -0.25) is 4.79 Å². The highest BCUT2D eigenvalue weighted by molar-refractivity contribution is 14.1. The molecule has 0 aliphatic heterocycles. The molecule has 3 nitrogen and oxygen atoms in total. The van der Waals surface area contributed by atoms with Gasteiger partial charge in [-0.05, 0) is 53.6 Å². The van der Waals surface area contributed by atoms with Gasteiger partial charge in [0.05, 0.1) is 17.3 Å². The monoisotopic (exact) mass is 378 g/mol. The Hall–Kier alpha value is -0.330. The van der Waals surface area contributed by atoms with Crippen LogP contribution in [0.5, 0.6) is 0 Å². The van der Waals surface area contributed by atoms with Gasteiger partial charge in [0.1, 0.15) is 0 Å². The van der Waals surface area contributed by atoms with Crippen molar-refractivity contribution in [3.8, 4) is 0 Å². The lowest BCUT2D eigenvalue weighted by Gasteiger charge is -2.12. The molecule has 0 unspecified atom stereocenters. The third kappa shape index (κ3) is 4.10. The number of hydrogen-bond donors (Lipinski definition) is 2. The van der Waals surface area contributed by atoms with E-state index in [0.29, 0.717) is 23.3 Å². The Morgan fingerprint density at radius 1 is 1.39 bits per heavy atom. The Labute approximate surface area is 126 Å². The molecular weight excluding hydrogens is 363 g/mol. The highest BCUT2D eigenvalue weighted by atomic mass is 127. The minimum absolute atomic E-state index is 0.0370. The lowest BCUT2D eigenvalue weighted by Crippen LogP contribution is -2.34. The van der Waals surface area contributed by atoms with Crippen molar-refractivity contribution in [2.24, 2.45) is 0 Å². The van der Waals surface area contributed by atoms with Crippen LogP contribution in [0.25, 0.3) is 0 Å². The summed E-state index contributed by atoms with van der Waals surface area (Å²) in [4.78, 5) is 11.8. The molecule has 0 bridgehead atoms. The number of hydrogen-bond acceptors (Lipinski definition) is 2. The lowest BCUT2D eigenvalue weighted by molar-refractivity contribution is -0.115. The largest absolute Gasteiger partial charge is 0.324 e. The van der Waals surface area contributed by atoms with Crippen molar-refractivity contribution in [2.45, 2.75) is 31.7 Å². The second-order valence-corrected chi connectivity index (χ2v) is 6.19. The maximum Gasteiger partial charge on any atom is 0.238 e. The van der Waals surface area contributed by atoms with Gasteiger partial charge in [0.25, 0.3) is 0 Å². The summed E-state index contributed by atoms with van der Waals surface area (Å²) in [5, 5.41) is 6.68. The highest BCUT2D eigenvalue weighted by Crippen LogP contribution is 2.23. The molecule has 1 aromatic carbocycles. The second-order valence-electron chi connectivity index (χ2n) is 4.53. The first-order valence-electron chi connectivity index (χ1n) is 6.13. The van der Waals surface area contributed by atoms with E-state index in [9.17, 15) is 4.79 Å². The number of nitrogens with one attached hydrogen (secondary N) is 2. The number of anilines is 1. The summed E-state index contributed by atoms with van der Waals surface area (Å²) in [5.74, 6) is -0.0370. The minimum atomic E-state index is -0.0370.